The van der Waals surface area contributed by atoms with Crippen molar-refractivity contribution in [2.75, 3.05) is 7.11 Å². The van der Waals surface area contributed by atoms with Crippen molar-refractivity contribution >= 4 is 0 Å². The smallest absolute Gasteiger partial charge is 0.144 e. The minimum Gasteiger partial charge on any atom is -0.494 e. The molecule has 0 bridgehead atoms. The highest BCUT2D eigenvalue weighted by molar-refractivity contribution is 5.48. The van der Waals surface area contributed by atoms with Gasteiger partial charge in [-0.15, -0.1) is 0 Å². The van der Waals surface area contributed by atoms with Crippen LogP contribution in [-0.4, -0.2) is 22.0 Å². The van der Waals surface area contributed by atoms with Gasteiger partial charge in [0.2, 0.25) is 0 Å². The number of methoxy groups -OCH3 is 1. The normalized spacial score (nSPS) is 10.9. The molecule has 1 heterocycles. The number of nitrogens with zero attached hydrogens (tertiary/aromatic N) is 2. The number of para-hydroxylation sites is 2. The summed E-state index contributed by atoms with van der Waals surface area (Å²) in [6, 6.07) is 7.73. The molecular weight excluding hydrogens is 228 g/mol. The van der Waals surface area contributed by atoms with Crippen molar-refractivity contribution in [2.45, 2.75) is 26.4 Å². The quantitative estimate of drug-likeness (QED) is 0.901. The second-order valence-electron chi connectivity index (χ2n) is 4.45. The average molecular weight is 246 g/mol. The highest BCUT2D eigenvalue weighted by Crippen LogP contribution is 2.28. The third-order valence-corrected chi connectivity index (χ3v) is 2.92. The number of aromatic nitrogens is 2. The number of ether oxygens (including phenoxy) is 1. The first kappa shape index (κ1) is 12.6. The van der Waals surface area contributed by atoms with E-state index in [4.69, 9.17) is 4.74 Å². The summed E-state index contributed by atoms with van der Waals surface area (Å²) < 4.78 is 7.20. The first-order chi connectivity index (χ1) is 8.69. The number of aliphatic hydroxyl groups is 1. The molecule has 0 atom stereocenters. The van der Waals surface area contributed by atoms with E-state index in [0.29, 0.717) is 0 Å². The fraction of sp³-hybridized carbons (Fsp3) is 0.357. The molecule has 0 radical (unpaired) electrons. The summed E-state index contributed by atoms with van der Waals surface area (Å²) in [7, 11) is 1.64. The van der Waals surface area contributed by atoms with E-state index in [0.717, 1.165) is 22.7 Å². The molecule has 0 unspecified atom stereocenters. The summed E-state index contributed by atoms with van der Waals surface area (Å²) in [6.45, 7) is 4.17. The SMILES string of the molecule is COc1ccccc1-n1ncc(CO)c1C(C)C. The van der Waals surface area contributed by atoms with Gasteiger partial charge in [-0.05, 0) is 18.1 Å². The van der Waals surface area contributed by atoms with E-state index in [9.17, 15) is 5.11 Å². The predicted molar refractivity (Wildman–Crippen MR) is 70.1 cm³/mol. The van der Waals surface area contributed by atoms with Crippen molar-refractivity contribution in [1.82, 2.24) is 9.78 Å². The molecule has 2 aromatic rings. The molecule has 4 heteroatoms. The zero-order valence-corrected chi connectivity index (χ0v) is 10.9. The molecule has 0 aliphatic rings. The zero-order valence-electron chi connectivity index (χ0n) is 10.9. The van der Waals surface area contributed by atoms with Gasteiger partial charge in [0.1, 0.15) is 11.4 Å². The van der Waals surface area contributed by atoms with Crippen molar-refractivity contribution in [3.63, 3.8) is 0 Å². The predicted octanol–water partition coefficient (Wildman–Crippen LogP) is 2.50. The van der Waals surface area contributed by atoms with E-state index in [1.807, 2.05) is 28.9 Å². The average Bonchev–Trinajstić information content (AvgIpc) is 2.82. The largest absolute Gasteiger partial charge is 0.494 e. The van der Waals surface area contributed by atoms with E-state index >= 15 is 0 Å². The number of aliphatic hydroxyl groups excluding tert-OH is 1. The Morgan fingerprint density at radius 3 is 2.67 bits per heavy atom. The number of hydrogen-bond donors (Lipinski definition) is 1. The van der Waals surface area contributed by atoms with Gasteiger partial charge in [-0.25, -0.2) is 4.68 Å². The monoisotopic (exact) mass is 246 g/mol. The second kappa shape index (κ2) is 5.23. The van der Waals surface area contributed by atoms with Crippen LogP contribution in [0.4, 0.5) is 0 Å². The van der Waals surface area contributed by atoms with Crippen LogP contribution in [-0.2, 0) is 6.61 Å². The van der Waals surface area contributed by atoms with Gasteiger partial charge in [-0.1, -0.05) is 26.0 Å². The van der Waals surface area contributed by atoms with Crippen LogP contribution in [0, 0.1) is 0 Å². The third-order valence-electron chi connectivity index (χ3n) is 2.92. The first-order valence-electron chi connectivity index (χ1n) is 6.00. The van der Waals surface area contributed by atoms with Crippen molar-refractivity contribution in [2.24, 2.45) is 0 Å². The lowest BCUT2D eigenvalue weighted by atomic mass is 10.1. The van der Waals surface area contributed by atoms with Gasteiger partial charge >= 0.3 is 0 Å². The molecule has 0 spiro atoms. The van der Waals surface area contributed by atoms with Gasteiger partial charge in [0.15, 0.2) is 0 Å². The van der Waals surface area contributed by atoms with Crippen molar-refractivity contribution in [3.8, 4) is 11.4 Å². The minimum absolute atomic E-state index is 0.00264. The van der Waals surface area contributed by atoms with Crippen LogP contribution in [0.5, 0.6) is 5.75 Å². The van der Waals surface area contributed by atoms with Crippen LogP contribution in [0.25, 0.3) is 5.69 Å². The number of rotatable bonds is 4. The van der Waals surface area contributed by atoms with Gasteiger partial charge in [-0.3, -0.25) is 0 Å². The van der Waals surface area contributed by atoms with E-state index in [1.165, 1.54) is 0 Å². The molecule has 1 N–H and O–H groups in total. The summed E-state index contributed by atoms with van der Waals surface area (Å²) in [4.78, 5) is 0. The van der Waals surface area contributed by atoms with E-state index in [2.05, 4.69) is 18.9 Å². The highest BCUT2D eigenvalue weighted by atomic mass is 16.5. The standard InChI is InChI=1S/C14H18N2O2/c1-10(2)14-11(9-17)8-15-16(14)12-6-4-5-7-13(12)18-3/h4-8,10,17H,9H2,1-3H3. The van der Waals surface area contributed by atoms with Gasteiger partial charge in [0.25, 0.3) is 0 Å². The molecule has 0 saturated heterocycles. The molecule has 0 fully saturated rings. The number of hydrogen-bond acceptors (Lipinski definition) is 3. The van der Waals surface area contributed by atoms with Crippen molar-refractivity contribution in [1.29, 1.82) is 0 Å². The van der Waals surface area contributed by atoms with Crippen LogP contribution in [0.15, 0.2) is 30.5 Å². The summed E-state index contributed by atoms with van der Waals surface area (Å²) in [5.74, 6) is 1.05. The van der Waals surface area contributed by atoms with Gasteiger partial charge in [0, 0.05) is 5.56 Å². The molecule has 0 aliphatic carbocycles. The Labute approximate surface area is 107 Å². The maximum Gasteiger partial charge on any atom is 0.144 e. The lowest BCUT2D eigenvalue weighted by Crippen LogP contribution is -2.07. The van der Waals surface area contributed by atoms with Gasteiger partial charge in [0.05, 0.1) is 25.6 Å². The molecule has 1 aromatic heterocycles. The Bertz CT molecular complexity index is 532. The van der Waals surface area contributed by atoms with Crippen LogP contribution in [0.1, 0.15) is 31.0 Å². The Balaban J connectivity index is 2.60. The summed E-state index contributed by atoms with van der Waals surface area (Å²) in [5, 5.41) is 13.7. The topological polar surface area (TPSA) is 47.3 Å². The molecule has 2 rings (SSSR count). The van der Waals surface area contributed by atoms with Crippen LogP contribution < -0.4 is 4.74 Å². The maximum atomic E-state index is 9.37. The van der Waals surface area contributed by atoms with Crippen LogP contribution in [0.3, 0.4) is 0 Å². The van der Waals surface area contributed by atoms with E-state index < -0.39 is 0 Å². The Morgan fingerprint density at radius 1 is 1.33 bits per heavy atom. The lowest BCUT2D eigenvalue weighted by Gasteiger charge is -2.14. The molecule has 0 saturated carbocycles. The second-order valence-corrected chi connectivity index (χ2v) is 4.45. The van der Waals surface area contributed by atoms with Crippen LogP contribution >= 0.6 is 0 Å². The zero-order chi connectivity index (χ0) is 13.1. The molecule has 0 aliphatic heterocycles. The Morgan fingerprint density at radius 2 is 2.06 bits per heavy atom. The fourth-order valence-electron chi connectivity index (χ4n) is 2.13. The van der Waals surface area contributed by atoms with Gasteiger partial charge < -0.3 is 9.84 Å². The van der Waals surface area contributed by atoms with E-state index in [-0.39, 0.29) is 12.5 Å². The summed E-state index contributed by atoms with van der Waals surface area (Å²) >= 11 is 0. The maximum absolute atomic E-state index is 9.37. The first-order valence-corrected chi connectivity index (χ1v) is 6.00. The van der Waals surface area contributed by atoms with E-state index in [1.54, 1.807) is 13.3 Å². The van der Waals surface area contributed by atoms with Crippen molar-refractivity contribution < 1.29 is 9.84 Å². The minimum atomic E-state index is 0.00264. The summed E-state index contributed by atoms with van der Waals surface area (Å²) in [6.07, 6.45) is 1.71. The van der Waals surface area contributed by atoms with Gasteiger partial charge in [-0.2, -0.15) is 5.10 Å². The third kappa shape index (κ3) is 2.11. The van der Waals surface area contributed by atoms with Crippen molar-refractivity contribution in [3.05, 3.63) is 41.7 Å². The molecular formula is C14H18N2O2. The van der Waals surface area contributed by atoms with Crippen LogP contribution in [0.2, 0.25) is 0 Å². The number of benzene rings is 1. The Kier molecular flexibility index (Phi) is 3.67. The molecule has 4 nitrogen and oxygen atoms in total. The molecule has 18 heavy (non-hydrogen) atoms. The Hall–Kier alpha value is -1.81. The fourth-order valence-corrected chi connectivity index (χ4v) is 2.13. The molecule has 1 aromatic carbocycles. The highest BCUT2D eigenvalue weighted by Gasteiger charge is 2.16. The molecule has 0 amide bonds. The summed E-state index contributed by atoms with van der Waals surface area (Å²) in [5.41, 5.74) is 2.77. The lowest BCUT2D eigenvalue weighted by molar-refractivity contribution is 0.280. The molecule has 96 valence electrons.